The number of carbonyl (C=O) groups is 1. The fraction of sp³-hybridized carbons (Fsp3) is 0.130. The molecule has 3 heterocycles. The van der Waals surface area contributed by atoms with Crippen molar-refractivity contribution >= 4 is 33.0 Å². The summed E-state index contributed by atoms with van der Waals surface area (Å²) in [5.74, 6) is -0.785. The first-order valence-electron chi connectivity index (χ1n) is 10.2. The number of nitrogens with zero attached hydrogens (tertiary/aromatic N) is 3. The SMILES string of the molecule is O=C(O)CNc1cccc(C(NCc2ccc(-c3nccs3)cc2)S(=O)(=O)c2cccnc2)n1. The number of carboxylic acids is 1. The summed E-state index contributed by atoms with van der Waals surface area (Å²) in [5.41, 5.74) is 2.10. The van der Waals surface area contributed by atoms with Crippen LogP contribution in [0.2, 0.25) is 0 Å². The Labute approximate surface area is 200 Å². The third-order valence-corrected chi connectivity index (χ3v) is 7.61. The summed E-state index contributed by atoms with van der Waals surface area (Å²) in [4.78, 5) is 23.5. The third kappa shape index (κ3) is 5.63. The van der Waals surface area contributed by atoms with Crippen LogP contribution in [0.15, 0.2) is 83.5 Å². The van der Waals surface area contributed by atoms with Crippen molar-refractivity contribution in [3.8, 4) is 10.6 Å². The fourth-order valence-electron chi connectivity index (χ4n) is 3.23. The van der Waals surface area contributed by atoms with Crippen LogP contribution in [0.5, 0.6) is 0 Å². The van der Waals surface area contributed by atoms with Gasteiger partial charge in [-0.15, -0.1) is 11.3 Å². The van der Waals surface area contributed by atoms with E-state index < -0.39 is 21.2 Å². The van der Waals surface area contributed by atoms with Crippen LogP contribution < -0.4 is 10.6 Å². The number of carboxylic acid groups (broad SMARTS) is 1. The van der Waals surface area contributed by atoms with Crippen LogP contribution >= 0.6 is 11.3 Å². The maximum atomic E-state index is 13.5. The summed E-state index contributed by atoms with van der Waals surface area (Å²) in [6.07, 6.45) is 4.54. The second-order valence-corrected chi connectivity index (χ2v) is 10.2. The molecule has 3 aromatic heterocycles. The largest absolute Gasteiger partial charge is 0.480 e. The number of hydrogen-bond acceptors (Lipinski definition) is 9. The van der Waals surface area contributed by atoms with Gasteiger partial charge in [-0.3, -0.25) is 15.1 Å². The monoisotopic (exact) mass is 495 g/mol. The lowest BCUT2D eigenvalue weighted by atomic mass is 10.1. The molecule has 4 aromatic rings. The average Bonchev–Trinajstić information content (AvgIpc) is 3.39. The number of benzene rings is 1. The van der Waals surface area contributed by atoms with E-state index in [2.05, 4.69) is 25.6 Å². The highest BCUT2D eigenvalue weighted by Crippen LogP contribution is 2.27. The molecule has 0 aliphatic carbocycles. The van der Waals surface area contributed by atoms with E-state index in [9.17, 15) is 13.2 Å². The highest BCUT2D eigenvalue weighted by Gasteiger charge is 2.30. The van der Waals surface area contributed by atoms with Crippen LogP contribution in [0, 0.1) is 0 Å². The van der Waals surface area contributed by atoms with E-state index in [1.54, 1.807) is 41.8 Å². The molecule has 0 aliphatic rings. The van der Waals surface area contributed by atoms with Gasteiger partial charge in [-0.05, 0) is 29.8 Å². The molecule has 0 fully saturated rings. The van der Waals surface area contributed by atoms with Crippen LogP contribution in [-0.4, -0.2) is 41.0 Å². The van der Waals surface area contributed by atoms with Gasteiger partial charge in [-0.2, -0.15) is 0 Å². The molecule has 0 saturated carbocycles. The summed E-state index contributed by atoms with van der Waals surface area (Å²) in [6, 6.07) is 15.5. The number of thiazole rings is 1. The number of aliphatic carboxylic acids is 1. The topological polar surface area (TPSA) is 134 Å². The Morgan fingerprint density at radius 3 is 2.56 bits per heavy atom. The van der Waals surface area contributed by atoms with E-state index in [1.807, 2.05) is 29.6 Å². The summed E-state index contributed by atoms with van der Waals surface area (Å²) in [5, 5.41) is 16.3. The van der Waals surface area contributed by atoms with Crippen LogP contribution in [0.25, 0.3) is 10.6 Å². The lowest BCUT2D eigenvalue weighted by Crippen LogP contribution is -2.30. The van der Waals surface area contributed by atoms with Crippen molar-refractivity contribution in [2.45, 2.75) is 16.8 Å². The Kier molecular flexibility index (Phi) is 7.26. The van der Waals surface area contributed by atoms with E-state index in [1.165, 1.54) is 18.5 Å². The normalized spacial score (nSPS) is 12.2. The van der Waals surface area contributed by atoms with Gasteiger partial charge in [-0.1, -0.05) is 30.3 Å². The van der Waals surface area contributed by atoms with Crippen molar-refractivity contribution in [3.05, 3.63) is 89.8 Å². The van der Waals surface area contributed by atoms with E-state index in [-0.39, 0.29) is 29.5 Å². The Bertz CT molecular complexity index is 1350. The minimum absolute atomic E-state index is 0.0531. The van der Waals surface area contributed by atoms with Crippen molar-refractivity contribution in [2.24, 2.45) is 0 Å². The summed E-state index contributed by atoms with van der Waals surface area (Å²) < 4.78 is 27.0. The van der Waals surface area contributed by atoms with E-state index in [4.69, 9.17) is 5.11 Å². The second-order valence-electron chi connectivity index (χ2n) is 7.22. The van der Waals surface area contributed by atoms with Gasteiger partial charge < -0.3 is 10.4 Å². The molecule has 1 aromatic carbocycles. The van der Waals surface area contributed by atoms with Gasteiger partial charge in [0.1, 0.15) is 17.4 Å². The van der Waals surface area contributed by atoms with Crippen LogP contribution in [-0.2, 0) is 21.2 Å². The molecule has 0 aliphatic heterocycles. The van der Waals surface area contributed by atoms with Gasteiger partial charge in [0, 0.05) is 36.1 Å². The summed E-state index contributed by atoms with van der Waals surface area (Å²) in [7, 11) is -3.90. The van der Waals surface area contributed by atoms with Crippen LogP contribution in [0.3, 0.4) is 0 Å². The first-order valence-corrected chi connectivity index (χ1v) is 12.6. The molecule has 174 valence electrons. The van der Waals surface area contributed by atoms with Crippen molar-refractivity contribution in [1.82, 2.24) is 20.3 Å². The molecule has 9 nitrogen and oxygen atoms in total. The number of rotatable bonds is 10. The number of pyridine rings is 2. The van der Waals surface area contributed by atoms with E-state index >= 15 is 0 Å². The molecule has 0 bridgehead atoms. The fourth-order valence-corrected chi connectivity index (χ4v) is 5.37. The molecule has 1 unspecified atom stereocenters. The van der Waals surface area contributed by atoms with Crippen molar-refractivity contribution in [3.63, 3.8) is 0 Å². The molecular formula is C23H21N5O4S2. The lowest BCUT2D eigenvalue weighted by Gasteiger charge is -2.20. The molecule has 34 heavy (non-hydrogen) atoms. The smallest absolute Gasteiger partial charge is 0.322 e. The zero-order valence-electron chi connectivity index (χ0n) is 17.8. The number of hydrogen-bond donors (Lipinski definition) is 3. The molecular weight excluding hydrogens is 474 g/mol. The maximum absolute atomic E-state index is 13.5. The quantitative estimate of drug-likeness (QED) is 0.303. The standard InChI is InChI=1S/C23H21N5O4S2/c29-21(30)15-26-20-5-1-4-19(28-20)23(34(31,32)18-3-2-10-24-14-18)27-13-16-6-8-17(9-7-16)22-25-11-12-33-22/h1-12,14,23,27H,13,15H2,(H,26,28)(H,29,30). The minimum atomic E-state index is -3.90. The van der Waals surface area contributed by atoms with Gasteiger partial charge in [0.15, 0.2) is 5.37 Å². The Morgan fingerprint density at radius 1 is 1.06 bits per heavy atom. The number of anilines is 1. The molecule has 0 amide bonds. The van der Waals surface area contributed by atoms with Crippen molar-refractivity contribution in [1.29, 1.82) is 0 Å². The molecule has 0 radical (unpaired) electrons. The van der Waals surface area contributed by atoms with Crippen LogP contribution in [0.1, 0.15) is 16.6 Å². The number of sulfone groups is 1. The summed E-state index contributed by atoms with van der Waals surface area (Å²) >= 11 is 1.54. The Morgan fingerprint density at radius 2 is 1.88 bits per heavy atom. The van der Waals surface area contributed by atoms with Gasteiger partial charge >= 0.3 is 5.97 Å². The van der Waals surface area contributed by atoms with E-state index in [0.717, 1.165) is 16.1 Å². The third-order valence-electron chi connectivity index (χ3n) is 4.86. The lowest BCUT2D eigenvalue weighted by molar-refractivity contribution is -0.134. The van der Waals surface area contributed by atoms with Gasteiger partial charge in [0.25, 0.3) is 0 Å². The molecule has 3 N–H and O–H groups in total. The predicted molar refractivity (Wildman–Crippen MR) is 129 cm³/mol. The Balaban J connectivity index is 1.61. The first-order chi connectivity index (χ1) is 16.4. The van der Waals surface area contributed by atoms with Gasteiger partial charge in [0.05, 0.1) is 10.6 Å². The zero-order valence-corrected chi connectivity index (χ0v) is 19.5. The Hall–Kier alpha value is -3.67. The van der Waals surface area contributed by atoms with Crippen molar-refractivity contribution in [2.75, 3.05) is 11.9 Å². The molecule has 0 saturated heterocycles. The molecule has 11 heteroatoms. The first kappa shape index (κ1) is 23.5. The highest BCUT2D eigenvalue weighted by molar-refractivity contribution is 7.91. The summed E-state index contributed by atoms with van der Waals surface area (Å²) in [6.45, 7) is -0.0773. The molecule has 1 atom stereocenters. The molecule has 4 rings (SSSR count). The van der Waals surface area contributed by atoms with Gasteiger partial charge in [0.2, 0.25) is 9.84 Å². The van der Waals surface area contributed by atoms with Crippen molar-refractivity contribution < 1.29 is 18.3 Å². The van der Waals surface area contributed by atoms with Gasteiger partial charge in [-0.25, -0.2) is 18.4 Å². The van der Waals surface area contributed by atoms with Crippen LogP contribution in [0.4, 0.5) is 5.82 Å². The maximum Gasteiger partial charge on any atom is 0.322 e. The minimum Gasteiger partial charge on any atom is -0.480 e. The highest BCUT2D eigenvalue weighted by atomic mass is 32.2. The number of aromatic nitrogens is 3. The second kappa shape index (κ2) is 10.5. The number of nitrogens with one attached hydrogen (secondary N) is 2. The molecule has 0 spiro atoms. The zero-order chi connectivity index (χ0) is 24.0. The predicted octanol–water partition coefficient (Wildman–Crippen LogP) is 3.36. The average molecular weight is 496 g/mol. The van der Waals surface area contributed by atoms with E-state index in [0.29, 0.717) is 0 Å².